The van der Waals surface area contributed by atoms with Gasteiger partial charge in [0.05, 0.1) is 24.8 Å². The lowest BCUT2D eigenvalue weighted by Gasteiger charge is -2.30. The Morgan fingerprint density at radius 1 is 1.08 bits per heavy atom. The van der Waals surface area contributed by atoms with Crippen molar-refractivity contribution in [1.82, 2.24) is 19.2 Å². The second-order valence-corrected chi connectivity index (χ2v) is 8.72. The van der Waals surface area contributed by atoms with Crippen LogP contribution in [0.15, 0.2) is 58.1 Å². The van der Waals surface area contributed by atoms with Gasteiger partial charge in [-0.1, -0.05) is 24.3 Å². The predicted molar refractivity (Wildman–Crippen MR) is 130 cm³/mol. The molecule has 2 aromatic carbocycles. The molecular formula is C26H27FN4O5. The van der Waals surface area contributed by atoms with Gasteiger partial charge in [0.15, 0.2) is 0 Å². The number of rotatable bonds is 6. The highest BCUT2D eigenvalue weighted by atomic mass is 19.1. The Balaban J connectivity index is 1.73. The molecule has 188 valence electrons. The van der Waals surface area contributed by atoms with Crippen LogP contribution in [0.4, 0.5) is 4.39 Å². The highest BCUT2D eigenvalue weighted by Crippen LogP contribution is 2.19. The molecule has 1 aliphatic rings. The molecule has 0 bridgehead atoms. The number of amides is 1. The highest BCUT2D eigenvalue weighted by Gasteiger charge is 2.31. The molecule has 1 aromatic heterocycles. The standard InChI is InChI=1S/C26H27FN4O5/c1-3-36-25(34)19-10-12-29(13-11-19)23(32)22-24(33)30(16-18-7-5-8-20(27)15-18)26(35)31(28-22)21-9-4-6-17(2)14-21/h4-9,14-15,19H,3,10-13,16H2,1-2H3. The van der Waals surface area contributed by atoms with E-state index in [0.29, 0.717) is 24.1 Å². The van der Waals surface area contributed by atoms with Crippen LogP contribution in [0.1, 0.15) is 41.4 Å². The number of piperidine rings is 1. The first-order valence-electron chi connectivity index (χ1n) is 11.8. The van der Waals surface area contributed by atoms with Crippen LogP contribution in [0.2, 0.25) is 0 Å². The fourth-order valence-corrected chi connectivity index (χ4v) is 4.26. The summed E-state index contributed by atoms with van der Waals surface area (Å²) in [6.07, 6.45) is 0.805. The zero-order chi connectivity index (χ0) is 25.8. The molecule has 0 atom stereocenters. The summed E-state index contributed by atoms with van der Waals surface area (Å²) in [6, 6.07) is 12.5. The van der Waals surface area contributed by atoms with Gasteiger partial charge < -0.3 is 9.64 Å². The zero-order valence-corrected chi connectivity index (χ0v) is 20.1. The molecule has 0 radical (unpaired) electrons. The summed E-state index contributed by atoms with van der Waals surface area (Å²) in [7, 11) is 0. The first-order chi connectivity index (χ1) is 17.3. The maximum atomic E-state index is 13.8. The molecule has 1 saturated heterocycles. The van der Waals surface area contributed by atoms with Gasteiger partial charge in [-0.3, -0.25) is 19.0 Å². The number of carbonyl (C=O) groups is 2. The maximum absolute atomic E-state index is 13.8. The highest BCUT2D eigenvalue weighted by molar-refractivity contribution is 5.92. The number of benzene rings is 2. The van der Waals surface area contributed by atoms with Gasteiger partial charge in [0.25, 0.3) is 11.5 Å². The molecule has 4 rings (SSSR count). The van der Waals surface area contributed by atoms with Gasteiger partial charge in [0.2, 0.25) is 5.69 Å². The number of ether oxygens (including phenoxy) is 1. The quantitative estimate of drug-likeness (QED) is 0.487. The molecular weight excluding hydrogens is 467 g/mol. The average molecular weight is 495 g/mol. The van der Waals surface area contributed by atoms with Crippen molar-refractivity contribution in [3.8, 4) is 5.69 Å². The number of hydrogen-bond donors (Lipinski definition) is 0. The topological polar surface area (TPSA) is 104 Å². The summed E-state index contributed by atoms with van der Waals surface area (Å²) in [5, 5.41) is 4.18. The van der Waals surface area contributed by atoms with E-state index in [1.165, 1.54) is 23.1 Å². The Kier molecular flexibility index (Phi) is 7.42. The van der Waals surface area contributed by atoms with E-state index in [9.17, 15) is 23.6 Å². The van der Waals surface area contributed by atoms with Crippen molar-refractivity contribution in [1.29, 1.82) is 0 Å². The summed E-state index contributed by atoms with van der Waals surface area (Å²) in [5.74, 6) is -1.74. The third-order valence-corrected chi connectivity index (χ3v) is 6.14. The summed E-state index contributed by atoms with van der Waals surface area (Å²) >= 11 is 0. The molecule has 3 aromatic rings. The Hall–Kier alpha value is -4.08. The molecule has 0 unspecified atom stereocenters. The molecule has 0 aliphatic carbocycles. The van der Waals surface area contributed by atoms with Crippen LogP contribution in [0.25, 0.3) is 5.69 Å². The summed E-state index contributed by atoms with van der Waals surface area (Å²) in [5.41, 5.74) is -0.369. The first kappa shape index (κ1) is 25.0. The number of aryl methyl sites for hydroxylation is 1. The molecule has 9 nitrogen and oxygen atoms in total. The van der Waals surface area contributed by atoms with Gasteiger partial charge in [0, 0.05) is 13.1 Å². The second-order valence-electron chi connectivity index (χ2n) is 8.72. The number of hydrogen-bond acceptors (Lipinski definition) is 6. The van der Waals surface area contributed by atoms with E-state index in [-0.39, 0.29) is 38.1 Å². The van der Waals surface area contributed by atoms with Gasteiger partial charge in [-0.05, 0) is 62.1 Å². The summed E-state index contributed by atoms with van der Waals surface area (Å²) in [4.78, 5) is 53.6. The van der Waals surface area contributed by atoms with Crippen LogP contribution >= 0.6 is 0 Å². The van der Waals surface area contributed by atoms with E-state index in [1.807, 2.05) is 13.0 Å². The largest absolute Gasteiger partial charge is 0.466 e. The molecule has 10 heteroatoms. The van der Waals surface area contributed by atoms with Crippen molar-refractivity contribution >= 4 is 11.9 Å². The first-order valence-corrected chi connectivity index (χ1v) is 11.8. The smallest absolute Gasteiger partial charge is 0.352 e. The SMILES string of the molecule is CCOC(=O)C1CCN(C(=O)c2nn(-c3cccc(C)c3)c(=O)n(Cc3cccc(F)c3)c2=O)CC1. The predicted octanol–water partition coefficient (Wildman–Crippen LogP) is 2.31. The number of halogens is 1. The van der Waals surface area contributed by atoms with E-state index < -0.39 is 28.7 Å². The lowest BCUT2D eigenvalue weighted by molar-refractivity contribution is -0.149. The van der Waals surface area contributed by atoms with Gasteiger partial charge in [-0.2, -0.15) is 9.78 Å². The molecule has 0 N–H and O–H groups in total. The maximum Gasteiger partial charge on any atom is 0.352 e. The molecule has 0 saturated carbocycles. The lowest BCUT2D eigenvalue weighted by atomic mass is 9.97. The Morgan fingerprint density at radius 2 is 1.81 bits per heavy atom. The van der Waals surface area contributed by atoms with Gasteiger partial charge in [-0.25, -0.2) is 9.18 Å². The second kappa shape index (κ2) is 10.7. The number of esters is 1. The third-order valence-electron chi connectivity index (χ3n) is 6.14. The van der Waals surface area contributed by atoms with Crippen molar-refractivity contribution in [3.63, 3.8) is 0 Å². The van der Waals surface area contributed by atoms with Crippen LogP contribution in [0, 0.1) is 18.7 Å². The number of nitrogens with zero attached hydrogens (tertiary/aromatic N) is 4. The molecule has 0 spiro atoms. The Morgan fingerprint density at radius 3 is 2.47 bits per heavy atom. The van der Waals surface area contributed by atoms with Crippen molar-refractivity contribution in [2.75, 3.05) is 19.7 Å². The minimum Gasteiger partial charge on any atom is -0.466 e. The number of aromatic nitrogens is 3. The van der Waals surface area contributed by atoms with Crippen LogP contribution in [-0.2, 0) is 16.1 Å². The van der Waals surface area contributed by atoms with E-state index >= 15 is 0 Å². The number of carbonyl (C=O) groups excluding carboxylic acids is 2. The molecule has 1 amide bonds. The van der Waals surface area contributed by atoms with E-state index in [4.69, 9.17) is 4.74 Å². The van der Waals surface area contributed by atoms with Crippen molar-refractivity contribution in [3.05, 3.63) is 92.0 Å². The summed E-state index contributed by atoms with van der Waals surface area (Å²) in [6.45, 7) is 4.13. The fraction of sp³-hybridized carbons (Fsp3) is 0.346. The van der Waals surface area contributed by atoms with E-state index in [1.54, 1.807) is 31.2 Å². The van der Waals surface area contributed by atoms with Crippen LogP contribution in [0.5, 0.6) is 0 Å². The van der Waals surface area contributed by atoms with E-state index in [0.717, 1.165) is 14.8 Å². The molecule has 2 heterocycles. The van der Waals surface area contributed by atoms with E-state index in [2.05, 4.69) is 5.10 Å². The molecule has 36 heavy (non-hydrogen) atoms. The number of likely N-dealkylation sites (tertiary alicyclic amines) is 1. The van der Waals surface area contributed by atoms with Crippen molar-refractivity contribution in [2.45, 2.75) is 33.2 Å². The lowest BCUT2D eigenvalue weighted by Crippen LogP contribution is -2.48. The van der Waals surface area contributed by atoms with Crippen LogP contribution in [-0.4, -0.2) is 50.8 Å². The Labute approximate surface area is 206 Å². The van der Waals surface area contributed by atoms with Gasteiger partial charge >= 0.3 is 11.7 Å². The van der Waals surface area contributed by atoms with Crippen LogP contribution < -0.4 is 11.2 Å². The monoisotopic (exact) mass is 494 g/mol. The average Bonchev–Trinajstić information content (AvgIpc) is 2.86. The van der Waals surface area contributed by atoms with Crippen molar-refractivity contribution in [2.24, 2.45) is 5.92 Å². The Bertz CT molecular complexity index is 1410. The molecule has 1 aliphatic heterocycles. The normalized spacial score (nSPS) is 14.0. The van der Waals surface area contributed by atoms with Gasteiger partial charge in [0.1, 0.15) is 5.82 Å². The third kappa shape index (κ3) is 5.27. The minimum absolute atomic E-state index is 0.227. The molecule has 1 fully saturated rings. The fourth-order valence-electron chi connectivity index (χ4n) is 4.26. The zero-order valence-electron chi connectivity index (χ0n) is 20.1. The van der Waals surface area contributed by atoms with Gasteiger partial charge in [-0.15, -0.1) is 0 Å². The summed E-state index contributed by atoms with van der Waals surface area (Å²) < 4.78 is 20.8. The minimum atomic E-state index is -0.856. The van der Waals surface area contributed by atoms with Crippen LogP contribution in [0.3, 0.4) is 0 Å². The van der Waals surface area contributed by atoms with Crippen molar-refractivity contribution < 1.29 is 18.7 Å².